The lowest BCUT2D eigenvalue weighted by molar-refractivity contribution is 0.288. The Bertz CT molecular complexity index is 490. The molecule has 0 amide bonds. The summed E-state index contributed by atoms with van der Waals surface area (Å²) in [5, 5.41) is 8.88. The van der Waals surface area contributed by atoms with Crippen molar-refractivity contribution >= 4 is 0 Å². The average molecular weight is 268 g/mol. The smallest absolute Gasteiger partial charge is 0.0434 e. The summed E-state index contributed by atoms with van der Waals surface area (Å²) < 4.78 is 0. The average Bonchev–Trinajstić information content (AvgIpc) is 2.51. The van der Waals surface area contributed by atoms with Gasteiger partial charge in [0.1, 0.15) is 0 Å². The van der Waals surface area contributed by atoms with E-state index in [1.54, 1.807) is 0 Å². The lowest BCUT2D eigenvalue weighted by Gasteiger charge is -2.05. The molecule has 1 N–H and O–H groups in total. The SMILES string of the molecule is OCCCc1cccc(CCCCc2ccccc2)c1. The van der Waals surface area contributed by atoms with Crippen LogP contribution in [0.5, 0.6) is 0 Å². The van der Waals surface area contributed by atoms with E-state index in [1.807, 2.05) is 0 Å². The molecule has 0 spiro atoms. The molecule has 1 nitrogen and oxygen atoms in total. The van der Waals surface area contributed by atoms with Gasteiger partial charge in [0.15, 0.2) is 0 Å². The molecule has 2 aromatic rings. The Labute approximate surface area is 122 Å². The molecule has 2 rings (SSSR count). The molecule has 0 saturated carbocycles. The molecule has 0 aliphatic rings. The van der Waals surface area contributed by atoms with Crippen LogP contribution in [0.3, 0.4) is 0 Å². The van der Waals surface area contributed by atoms with Gasteiger partial charge in [0.25, 0.3) is 0 Å². The minimum absolute atomic E-state index is 0.279. The van der Waals surface area contributed by atoms with Crippen molar-refractivity contribution in [2.45, 2.75) is 38.5 Å². The standard InChI is InChI=1S/C19H24O/c20-15-7-14-19-13-6-12-18(16-19)11-5-4-10-17-8-2-1-3-9-17/h1-3,6,8-9,12-13,16,20H,4-5,7,10-11,14-15H2. The van der Waals surface area contributed by atoms with Crippen molar-refractivity contribution in [3.05, 3.63) is 71.3 Å². The van der Waals surface area contributed by atoms with Gasteiger partial charge in [0, 0.05) is 6.61 Å². The summed E-state index contributed by atoms with van der Waals surface area (Å²) in [6, 6.07) is 19.5. The van der Waals surface area contributed by atoms with Crippen molar-refractivity contribution in [3.63, 3.8) is 0 Å². The highest BCUT2D eigenvalue weighted by Gasteiger charge is 1.98. The van der Waals surface area contributed by atoms with Crippen LogP contribution in [0.1, 0.15) is 36.0 Å². The van der Waals surface area contributed by atoms with Crippen LogP contribution in [0.2, 0.25) is 0 Å². The van der Waals surface area contributed by atoms with E-state index in [2.05, 4.69) is 54.6 Å². The fourth-order valence-corrected chi connectivity index (χ4v) is 2.53. The van der Waals surface area contributed by atoms with Gasteiger partial charge in [-0.05, 0) is 55.2 Å². The summed E-state index contributed by atoms with van der Waals surface area (Å²) in [6.45, 7) is 0.279. The Morgan fingerprint density at radius 2 is 1.15 bits per heavy atom. The first kappa shape index (κ1) is 14.8. The molecule has 2 aromatic carbocycles. The van der Waals surface area contributed by atoms with Gasteiger partial charge >= 0.3 is 0 Å². The first-order valence-electron chi connectivity index (χ1n) is 7.61. The second-order valence-corrected chi connectivity index (χ2v) is 5.34. The van der Waals surface area contributed by atoms with E-state index >= 15 is 0 Å². The van der Waals surface area contributed by atoms with Crippen LogP contribution in [0.15, 0.2) is 54.6 Å². The van der Waals surface area contributed by atoms with Crippen molar-refractivity contribution < 1.29 is 5.11 Å². The van der Waals surface area contributed by atoms with E-state index in [0.29, 0.717) is 0 Å². The predicted octanol–water partition coefficient (Wildman–Crippen LogP) is 4.18. The van der Waals surface area contributed by atoms with E-state index < -0.39 is 0 Å². The highest BCUT2D eigenvalue weighted by molar-refractivity contribution is 5.23. The van der Waals surface area contributed by atoms with Gasteiger partial charge in [-0.25, -0.2) is 0 Å². The molecule has 1 heteroatoms. The maximum absolute atomic E-state index is 8.88. The zero-order chi connectivity index (χ0) is 14.0. The molecule has 0 heterocycles. The quantitative estimate of drug-likeness (QED) is 0.712. The summed E-state index contributed by atoms with van der Waals surface area (Å²) in [4.78, 5) is 0. The Morgan fingerprint density at radius 1 is 0.600 bits per heavy atom. The van der Waals surface area contributed by atoms with E-state index in [4.69, 9.17) is 5.11 Å². The summed E-state index contributed by atoms with van der Waals surface area (Å²) in [5.74, 6) is 0. The minimum Gasteiger partial charge on any atom is -0.396 e. The third-order valence-electron chi connectivity index (χ3n) is 3.64. The first-order chi connectivity index (χ1) is 9.88. The van der Waals surface area contributed by atoms with E-state index in [9.17, 15) is 0 Å². The number of unbranched alkanes of at least 4 members (excludes halogenated alkanes) is 1. The fraction of sp³-hybridized carbons (Fsp3) is 0.368. The predicted molar refractivity (Wildman–Crippen MR) is 84.9 cm³/mol. The van der Waals surface area contributed by atoms with Crippen molar-refractivity contribution in [1.82, 2.24) is 0 Å². The number of benzene rings is 2. The Kier molecular flexibility index (Phi) is 6.33. The zero-order valence-corrected chi connectivity index (χ0v) is 12.1. The van der Waals surface area contributed by atoms with E-state index in [0.717, 1.165) is 19.3 Å². The minimum atomic E-state index is 0.279. The highest BCUT2D eigenvalue weighted by Crippen LogP contribution is 2.12. The zero-order valence-electron chi connectivity index (χ0n) is 12.1. The second-order valence-electron chi connectivity index (χ2n) is 5.34. The summed E-state index contributed by atoms with van der Waals surface area (Å²) >= 11 is 0. The lowest BCUT2D eigenvalue weighted by atomic mass is 10.0. The van der Waals surface area contributed by atoms with Crippen LogP contribution < -0.4 is 0 Å². The maximum Gasteiger partial charge on any atom is 0.0434 e. The third-order valence-corrected chi connectivity index (χ3v) is 3.64. The van der Waals surface area contributed by atoms with Crippen molar-refractivity contribution in [3.8, 4) is 0 Å². The van der Waals surface area contributed by atoms with Crippen LogP contribution in [0.4, 0.5) is 0 Å². The summed E-state index contributed by atoms with van der Waals surface area (Å²) in [7, 11) is 0. The second kappa shape index (κ2) is 8.55. The molecule has 0 aliphatic heterocycles. The van der Waals surface area contributed by atoms with Gasteiger partial charge in [-0.2, -0.15) is 0 Å². The number of aliphatic hydroxyl groups is 1. The van der Waals surface area contributed by atoms with E-state index in [1.165, 1.54) is 36.0 Å². The molecule has 0 fully saturated rings. The van der Waals surface area contributed by atoms with Gasteiger partial charge in [-0.3, -0.25) is 0 Å². The van der Waals surface area contributed by atoms with Crippen molar-refractivity contribution in [2.75, 3.05) is 6.61 Å². The number of hydrogen-bond acceptors (Lipinski definition) is 1. The van der Waals surface area contributed by atoms with Crippen LogP contribution in [0.25, 0.3) is 0 Å². The van der Waals surface area contributed by atoms with Crippen molar-refractivity contribution in [2.24, 2.45) is 0 Å². The van der Waals surface area contributed by atoms with E-state index in [-0.39, 0.29) is 6.61 Å². The summed E-state index contributed by atoms with van der Waals surface area (Å²) in [6.07, 6.45) is 6.64. The Morgan fingerprint density at radius 3 is 1.80 bits per heavy atom. The van der Waals surface area contributed by atoms with Gasteiger partial charge in [-0.15, -0.1) is 0 Å². The topological polar surface area (TPSA) is 20.2 Å². The largest absolute Gasteiger partial charge is 0.396 e. The number of aryl methyl sites for hydroxylation is 3. The van der Waals surface area contributed by atoms with Crippen LogP contribution in [-0.2, 0) is 19.3 Å². The summed E-state index contributed by atoms with van der Waals surface area (Å²) in [5.41, 5.74) is 4.21. The molecular formula is C19H24O. The van der Waals surface area contributed by atoms with Gasteiger partial charge in [-0.1, -0.05) is 54.6 Å². The maximum atomic E-state index is 8.88. The normalized spacial score (nSPS) is 10.7. The van der Waals surface area contributed by atoms with Gasteiger partial charge in [0.2, 0.25) is 0 Å². The Hall–Kier alpha value is -1.60. The molecular weight excluding hydrogens is 244 g/mol. The molecule has 0 aromatic heterocycles. The molecule has 0 unspecified atom stereocenters. The third kappa shape index (κ3) is 5.18. The number of aliphatic hydroxyl groups excluding tert-OH is 1. The molecule has 20 heavy (non-hydrogen) atoms. The van der Waals surface area contributed by atoms with Crippen LogP contribution >= 0.6 is 0 Å². The van der Waals surface area contributed by atoms with Crippen molar-refractivity contribution in [1.29, 1.82) is 0 Å². The highest BCUT2D eigenvalue weighted by atomic mass is 16.2. The molecule has 0 atom stereocenters. The number of rotatable bonds is 8. The van der Waals surface area contributed by atoms with Crippen LogP contribution in [0, 0.1) is 0 Å². The molecule has 106 valence electrons. The van der Waals surface area contributed by atoms with Crippen LogP contribution in [-0.4, -0.2) is 11.7 Å². The molecule has 0 radical (unpaired) electrons. The molecule has 0 bridgehead atoms. The first-order valence-corrected chi connectivity index (χ1v) is 7.61. The Balaban J connectivity index is 1.73. The number of hydrogen-bond donors (Lipinski definition) is 1. The molecule has 0 saturated heterocycles. The van der Waals surface area contributed by atoms with Gasteiger partial charge < -0.3 is 5.11 Å². The lowest BCUT2D eigenvalue weighted by Crippen LogP contribution is -1.93. The monoisotopic (exact) mass is 268 g/mol. The van der Waals surface area contributed by atoms with Gasteiger partial charge in [0.05, 0.1) is 0 Å². The molecule has 0 aliphatic carbocycles. The fourth-order valence-electron chi connectivity index (χ4n) is 2.53.